The van der Waals surface area contributed by atoms with E-state index in [2.05, 4.69) is 42.1 Å². The monoisotopic (exact) mass is 549 g/mol. The van der Waals surface area contributed by atoms with Crippen molar-refractivity contribution < 1.29 is 24.5 Å². The van der Waals surface area contributed by atoms with E-state index in [1.54, 1.807) is 4.57 Å². The summed E-state index contributed by atoms with van der Waals surface area (Å²) < 4.78 is 12.5. The Morgan fingerprint density at radius 2 is 2.21 bits per heavy atom. The SMILES string of the molecule is [N-]=[N+]=NCCCC#CC[S+](CC[C@H](N)OC=O)C[C@H]1O[C@@H](n2cnc3c(NCCN)ncnc32)[C@@H](O)C1O. The van der Waals surface area contributed by atoms with Gasteiger partial charge in [0, 0.05) is 48.3 Å². The number of imidazole rings is 1. The van der Waals surface area contributed by atoms with Crippen LogP contribution in [0.2, 0.25) is 0 Å². The second-order valence-corrected chi connectivity index (χ2v) is 10.7. The first kappa shape index (κ1) is 29.4. The fourth-order valence-corrected chi connectivity index (χ4v) is 5.89. The van der Waals surface area contributed by atoms with E-state index in [4.69, 9.17) is 26.5 Å². The number of anilines is 1. The van der Waals surface area contributed by atoms with Gasteiger partial charge in [-0.2, -0.15) is 0 Å². The molecule has 1 saturated heterocycles. The number of hydrogen-bond donors (Lipinski definition) is 5. The van der Waals surface area contributed by atoms with E-state index in [0.717, 1.165) is 0 Å². The highest BCUT2D eigenvalue weighted by Crippen LogP contribution is 2.33. The molecular formula is C22H33N10O5S+. The van der Waals surface area contributed by atoms with Crippen LogP contribution in [0.4, 0.5) is 5.82 Å². The number of carbonyl (C=O) groups is 1. The number of unbranched alkanes of at least 4 members (excludes halogenated alkanes) is 1. The highest BCUT2D eigenvalue weighted by molar-refractivity contribution is 7.97. The molecule has 2 unspecified atom stereocenters. The normalized spacial score (nSPS) is 22.2. The van der Waals surface area contributed by atoms with Gasteiger partial charge in [0.15, 0.2) is 35.2 Å². The zero-order chi connectivity index (χ0) is 27.3. The van der Waals surface area contributed by atoms with Crippen LogP contribution in [-0.4, -0.2) is 97.6 Å². The fourth-order valence-electron chi connectivity index (χ4n) is 3.85. The lowest BCUT2D eigenvalue weighted by atomic mass is 10.1. The van der Waals surface area contributed by atoms with Crippen molar-refractivity contribution >= 4 is 34.3 Å². The third-order valence-electron chi connectivity index (χ3n) is 5.75. The Balaban J connectivity index is 1.70. The van der Waals surface area contributed by atoms with Crippen LogP contribution in [0.3, 0.4) is 0 Å². The zero-order valence-electron chi connectivity index (χ0n) is 20.8. The molecule has 7 N–H and O–H groups in total. The number of hydrogen-bond acceptors (Lipinski definition) is 12. The number of nitrogens with two attached hydrogens (primary N) is 2. The molecule has 3 heterocycles. The molecule has 1 fully saturated rings. The molecule has 0 radical (unpaired) electrons. The van der Waals surface area contributed by atoms with E-state index in [0.29, 0.717) is 79.6 Å². The van der Waals surface area contributed by atoms with Crippen molar-refractivity contribution in [3.05, 3.63) is 23.1 Å². The first-order valence-corrected chi connectivity index (χ1v) is 13.8. The largest absolute Gasteiger partial charge is 0.449 e. The van der Waals surface area contributed by atoms with Crippen LogP contribution in [0.1, 0.15) is 25.5 Å². The van der Waals surface area contributed by atoms with E-state index >= 15 is 0 Å². The minimum absolute atomic E-state index is 0.313. The van der Waals surface area contributed by atoms with Crippen molar-refractivity contribution in [1.82, 2.24) is 19.5 Å². The van der Waals surface area contributed by atoms with Crippen molar-refractivity contribution in [3.8, 4) is 11.8 Å². The molecule has 0 aliphatic carbocycles. The number of fused-ring (bicyclic) bond motifs is 1. The van der Waals surface area contributed by atoms with Crippen LogP contribution < -0.4 is 16.8 Å². The maximum atomic E-state index is 10.9. The highest BCUT2D eigenvalue weighted by atomic mass is 32.2. The predicted molar refractivity (Wildman–Crippen MR) is 142 cm³/mol. The second-order valence-electron chi connectivity index (χ2n) is 8.41. The highest BCUT2D eigenvalue weighted by Gasteiger charge is 2.47. The number of aromatic nitrogens is 4. The standard InChI is InChI=1S/C22H33N10O5S/c23-6-8-26-20-17-21(28-12-27-20)32(13-29-17)22-19(35)18(34)15(37-22)11-38(10-5-16(24)36-14-33)9-4-2-1-3-7-30-31-25/h12-16,18-19,22,34-35H,1,3,5-11,23-24H2,(H,26,27,28)/q+1/t15-,16-,18?,19+,22-,38?/m1/s1. The van der Waals surface area contributed by atoms with Gasteiger partial charge in [-0.3, -0.25) is 15.1 Å². The van der Waals surface area contributed by atoms with Crippen molar-refractivity contribution in [1.29, 1.82) is 0 Å². The van der Waals surface area contributed by atoms with Crippen LogP contribution in [-0.2, 0) is 25.2 Å². The van der Waals surface area contributed by atoms with Gasteiger partial charge >= 0.3 is 0 Å². The first-order valence-electron chi connectivity index (χ1n) is 12.1. The van der Waals surface area contributed by atoms with Crippen molar-refractivity contribution in [2.75, 3.05) is 42.2 Å². The van der Waals surface area contributed by atoms with E-state index < -0.39 is 30.8 Å². The van der Waals surface area contributed by atoms with E-state index in [-0.39, 0.29) is 10.9 Å². The van der Waals surface area contributed by atoms with Gasteiger partial charge in [-0.15, -0.1) is 0 Å². The molecule has 0 amide bonds. The summed E-state index contributed by atoms with van der Waals surface area (Å²) in [5, 5.41) is 28.3. The number of azide groups is 1. The van der Waals surface area contributed by atoms with Crippen LogP contribution >= 0.6 is 0 Å². The topological polar surface area (TPSA) is 232 Å². The Morgan fingerprint density at radius 1 is 1.37 bits per heavy atom. The van der Waals surface area contributed by atoms with Gasteiger partial charge in [-0.05, 0) is 17.9 Å². The summed E-state index contributed by atoms with van der Waals surface area (Å²) in [7, 11) is -0.379. The van der Waals surface area contributed by atoms with E-state index in [1.165, 1.54) is 12.7 Å². The van der Waals surface area contributed by atoms with Gasteiger partial charge in [0.2, 0.25) is 0 Å². The Labute approximate surface area is 222 Å². The molecule has 16 heteroatoms. The molecule has 2 aromatic rings. The average molecular weight is 550 g/mol. The van der Waals surface area contributed by atoms with Gasteiger partial charge < -0.3 is 30.7 Å². The van der Waals surface area contributed by atoms with Crippen molar-refractivity contribution in [2.24, 2.45) is 16.6 Å². The molecule has 2 aromatic heterocycles. The molecule has 0 spiro atoms. The lowest BCUT2D eigenvalue weighted by Gasteiger charge is -2.17. The quantitative estimate of drug-likeness (QED) is 0.0274. The molecule has 38 heavy (non-hydrogen) atoms. The lowest BCUT2D eigenvalue weighted by Crippen LogP contribution is -2.37. The molecule has 3 rings (SSSR count). The fraction of sp³-hybridized carbons (Fsp3) is 0.636. The Kier molecular flexibility index (Phi) is 11.8. The molecule has 6 atom stereocenters. The predicted octanol–water partition coefficient (Wildman–Crippen LogP) is -0.624. The van der Waals surface area contributed by atoms with Gasteiger partial charge in [-0.25, -0.2) is 15.0 Å². The van der Waals surface area contributed by atoms with E-state index in [1.807, 2.05) is 0 Å². The average Bonchev–Trinajstić information content (AvgIpc) is 3.46. The maximum absolute atomic E-state index is 10.9. The van der Waals surface area contributed by atoms with Crippen LogP contribution in [0.25, 0.3) is 21.6 Å². The van der Waals surface area contributed by atoms with Gasteiger partial charge in [-0.1, -0.05) is 11.0 Å². The minimum atomic E-state index is -1.22. The third kappa shape index (κ3) is 7.92. The number of aliphatic hydroxyl groups is 2. The van der Waals surface area contributed by atoms with Gasteiger partial charge in [0.25, 0.3) is 6.47 Å². The zero-order valence-corrected chi connectivity index (χ0v) is 21.6. The van der Waals surface area contributed by atoms with Gasteiger partial charge in [0.1, 0.15) is 36.1 Å². The number of aliphatic hydroxyl groups excluding tert-OH is 2. The molecule has 1 aliphatic rings. The van der Waals surface area contributed by atoms with Crippen LogP contribution in [0.5, 0.6) is 0 Å². The number of carbonyl (C=O) groups excluding carboxylic acids is 1. The minimum Gasteiger partial charge on any atom is -0.449 e. The summed E-state index contributed by atoms with van der Waals surface area (Å²) in [4.78, 5) is 26.2. The third-order valence-corrected chi connectivity index (χ3v) is 7.92. The summed E-state index contributed by atoms with van der Waals surface area (Å²) >= 11 is 0. The Morgan fingerprint density at radius 3 is 2.97 bits per heavy atom. The molecule has 15 nitrogen and oxygen atoms in total. The van der Waals surface area contributed by atoms with E-state index in [9.17, 15) is 15.0 Å². The number of rotatable bonds is 15. The number of nitrogens with zero attached hydrogens (tertiary/aromatic N) is 7. The molecule has 0 aromatic carbocycles. The van der Waals surface area contributed by atoms with Crippen molar-refractivity contribution in [3.63, 3.8) is 0 Å². The molecule has 1 aliphatic heterocycles. The summed E-state index contributed by atoms with van der Waals surface area (Å²) in [6.45, 7) is 1.61. The summed E-state index contributed by atoms with van der Waals surface area (Å²) in [6.07, 6.45) is -0.167. The molecular weight excluding hydrogens is 516 g/mol. The van der Waals surface area contributed by atoms with Crippen LogP contribution in [0.15, 0.2) is 17.8 Å². The summed E-state index contributed by atoms with van der Waals surface area (Å²) in [5.41, 5.74) is 20.7. The first-order chi connectivity index (χ1) is 18.5. The number of nitrogens with one attached hydrogen (secondary N) is 1. The molecule has 206 valence electrons. The molecule has 0 saturated carbocycles. The smallest absolute Gasteiger partial charge is 0.294 e. The number of ether oxygens (including phenoxy) is 2. The second kappa shape index (κ2) is 15.3. The Hall–Kier alpha value is -3.16. The van der Waals surface area contributed by atoms with Crippen molar-refractivity contribution in [2.45, 2.75) is 50.0 Å². The lowest BCUT2D eigenvalue weighted by molar-refractivity contribution is -0.133. The maximum Gasteiger partial charge on any atom is 0.294 e. The van der Waals surface area contributed by atoms with Crippen LogP contribution in [0, 0.1) is 11.8 Å². The summed E-state index contributed by atoms with van der Waals surface area (Å²) in [5.74, 6) is 8.23. The molecule has 0 bridgehead atoms. The Bertz CT molecular complexity index is 1150. The van der Waals surface area contributed by atoms with Gasteiger partial charge in [0.05, 0.1) is 6.33 Å². The summed E-state index contributed by atoms with van der Waals surface area (Å²) in [6, 6.07) is 0.